The summed E-state index contributed by atoms with van der Waals surface area (Å²) in [6.07, 6.45) is -0.581. The SMILES string of the molecule is C[C@@]1(C(F)(F)F)CN(C(=O)Nc2cnn(S(C)(=O)=O)c2)c2cnc3cc(Cl)nn3c21. The maximum absolute atomic E-state index is 14.0. The minimum atomic E-state index is -4.72. The molecule has 1 aliphatic rings. The molecule has 0 saturated heterocycles. The van der Waals surface area contributed by atoms with Crippen molar-refractivity contribution < 1.29 is 26.4 Å². The normalized spacial score (nSPS) is 19.3. The molecule has 2 amide bonds. The summed E-state index contributed by atoms with van der Waals surface area (Å²) in [5.74, 6) is 0. The number of fused-ring (bicyclic) bond motifs is 3. The van der Waals surface area contributed by atoms with Gasteiger partial charge in [-0.1, -0.05) is 11.6 Å². The van der Waals surface area contributed by atoms with Crippen LogP contribution in [0.3, 0.4) is 0 Å². The monoisotopic (exact) mass is 463 g/mol. The summed E-state index contributed by atoms with van der Waals surface area (Å²) in [4.78, 5) is 17.7. The quantitative estimate of drug-likeness (QED) is 0.623. The lowest BCUT2D eigenvalue weighted by Crippen LogP contribution is -2.46. The van der Waals surface area contributed by atoms with Crippen molar-refractivity contribution in [3.63, 3.8) is 0 Å². The van der Waals surface area contributed by atoms with Gasteiger partial charge in [-0.05, 0) is 6.92 Å². The van der Waals surface area contributed by atoms with Gasteiger partial charge in [0.1, 0.15) is 5.41 Å². The van der Waals surface area contributed by atoms with Gasteiger partial charge >= 0.3 is 12.2 Å². The van der Waals surface area contributed by atoms with Crippen molar-refractivity contribution in [2.75, 3.05) is 23.0 Å². The third kappa shape index (κ3) is 3.06. The van der Waals surface area contributed by atoms with Crippen LogP contribution in [0.5, 0.6) is 0 Å². The first kappa shape index (κ1) is 20.4. The van der Waals surface area contributed by atoms with Gasteiger partial charge < -0.3 is 5.32 Å². The molecule has 0 unspecified atom stereocenters. The number of hydrogen-bond acceptors (Lipinski definition) is 6. The molecule has 1 N–H and O–H groups in total. The zero-order valence-electron chi connectivity index (χ0n) is 15.3. The Kier molecular flexibility index (Phi) is 4.29. The van der Waals surface area contributed by atoms with Crippen molar-refractivity contribution in [3.05, 3.63) is 35.5 Å². The van der Waals surface area contributed by atoms with Crippen molar-refractivity contribution in [1.29, 1.82) is 0 Å². The first-order chi connectivity index (χ1) is 13.8. The van der Waals surface area contributed by atoms with E-state index in [1.807, 2.05) is 0 Å². The average molecular weight is 464 g/mol. The second kappa shape index (κ2) is 6.31. The van der Waals surface area contributed by atoms with Crippen LogP contribution in [0.25, 0.3) is 5.65 Å². The highest BCUT2D eigenvalue weighted by Gasteiger charge is 2.60. The minimum absolute atomic E-state index is 0.0104. The lowest BCUT2D eigenvalue weighted by molar-refractivity contribution is -0.181. The van der Waals surface area contributed by atoms with Crippen LogP contribution in [0, 0.1) is 0 Å². The van der Waals surface area contributed by atoms with Crippen LogP contribution in [0.2, 0.25) is 5.15 Å². The molecule has 0 spiro atoms. The highest BCUT2D eigenvalue weighted by Crippen LogP contribution is 2.49. The number of urea groups is 1. The molecule has 0 fully saturated rings. The molecule has 0 aromatic carbocycles. The van der Waals surface area contributed by atoms with Gasteiger partial charge in [-0.15, -0.1) is 0 Å². The number of carbonyl (C=O) groups excluding carboxylic acids is 1. The van der Waals surface area contributed by atoms with E-state index in [4.69, 9.17) is 11.6 Å². The molecule has 1 aliphatic heterocycles. The molecule has 0 radical (unpaired) electrons. The number of rotatable bonds is 2. The number of halogens is 4. The predicted molar refractivity (Wildman–Crippen MR) is 100 cm³/mol. The highest BCUT2D eigenvalue weighted by atomic mass is 35.5. The molecule has 0 bridgehead atoms. The Hall–Kier alpha value is -2.87. The van der Waals surface area contributed by atoms with Crippen molar-refractivity contribution in [3.8, 4) is 0 Å². The lowest BCUT2D eigenvalue weighted by Gasteiger charge is -2.28. The summed E-state index contributed by atoms with van der Waals surface area (Å²) in [5, 5.41) is 9.78. The fourth-order valence-corrected chi connectivity index (χ4v) is 3.93. The van der Waals surface area contributed by atoms with Crippen molar-refractivity contribution >= 4 is 44.7 Å². The van der Waals surface area contributed by atoms with Crippen LogP contribution in [-0.2, 0) is 15.4 Å². The minimum Gasteiger partial charge on any atom is -0.305 e. The number of nitrogens with one attached hydrogen (secondary N) is 1. The van der Waals surface area contributed by atoms with Crippen molar-refractivity contribution in [2.24, 2.45) is 0 Å². The second-order valence-electron chi connectivity index (χ2n) is 6.94. The Morgan fingerprint density at radius 3 is 2.63 bits per heavy atom. The topological polar surface area (TPSA) is 114 Å². The number of alkyl halides is 3. The predicted octanol–water partition coefficient (Wildman–Crippen LogP) is 2.26. The number of hydrogen-bond donors (Lipinski definition) is 1. The molecule has 0 aliphatic carbocycles. The van der Waals surface area contributed by atoms with Gasteiger partial charge in [0.15, 0.2) is 10.8 Å². The molecule has 3 aromatic heterocycles. The van der Waals surface area contributed by atoms with E-state index in [-0.39, 0.29) is 27.9 Å². The maximum Gasteiger partial charge on any atom is 0.401 e. The van der Waals surface area contributed by atoms with Gasteiger partial charge in [-0.3, -0.25) is 4.90 Å². The maximum atomic E-state index is 14.0. The van der Waals surface area contributed by atoms with E-state index in [0.717, 1.165) is 41.2 Å². The summed E-state index contributed by atoms with van der Waals surface area (Å²) >= 11 is 5.83. The number of anilines is 2. The molecule has 1 atom stereocenters. The molecule has 4 rings (SSSR count). The number of carbonyl (C=O) groups is 1. The van der Waals surface area contributed by atoms with Crippen LogP contribution in [-0.4, -0.2) is 57.2 Å². The van der Waals surface area contributed by atoms with Gasteiger partial charge in [0, 0.05) is 12.6 Å². The van der Waals surface area contributed by atoms with E-state index in [1.165, 1.54) is 6.07 Å². The molecule has 30 heavy (non-hydrogen) atoms. The van der Waals surface area contributed by atoms with Crippen LogP contribution in [0.4, 0.5) is 29.3 Å². The Balaban J connectivity index is 1.77. The Bertz CT molecular complexity index is 1290. The average Bonchev–Trinajstić information content (AvgIpc) is 3.29. The van der Waals surface area contributed by atoms with E-state index >= 15 is 0 Å². The number of nitrogens with zero attached hydrogens (tertiary/aromatic N) is 6. The van der Waals surface area contributed by atoms with E-state index in [0.29, 0.717) is 4.09 Å². The van der Waals surface area contributed by atoms with Crippen molar-refractivity contribution in [2.45, 2.75) is 18.5 Å². The lowest BCUT2D eigenvalue weighted by atomic mass is 9.88. The molecule has 0 saturated carbocycles. The van der Waals surface area contributed by atoms with Gasteiger partial charge in [0.25, 0.3) is 10.0 Å². The van der Waals surface area contributed by atoms with E-state index < -0.39 is 34.2 Å². The second-order valence-corrected chi connectivity index (χ2v) is 9.17. The summed E-state index contributed by atoms with van der Waals surface area (Å²) in [7, 11) is -3.69. The summed E-state index contributed by atoms with van der Waals surface area (Å²) in [5.41, 5.74) is -2.74. The first-order valence-corrected chi connectivity index (χ1v) is 10.5. The first-order valence-electron chi connectivity index (χ1n) is 8.26. The fourth-order valence-electron chi connectivity index (χ4n) is 3.23. The zero-order chi connectivity index (χ0) is 22.1. The van der Waals surface area contributed by atoms with Gasteiger partial charge in [-0.25, -0.2) is 22.7 Å². The van der Waals surface area contributed by atoms with Crippen LogP contribution < -0.4 is 10.2 Å². The summed E-state index contributed by atoms with van der Waals surface area (Å²) in [6.45, 7) is 0.214. The molecule has 3 aromatic rings. The molecular formula is C15H13ClF3N7O3S. The summed E-state index contributed by atoms with van der Waals surface area (Å²) < 4.78 is 66.7. The van der Waals surface area contributed by atoms with Crippen LogP contribution >= 0.6 is 11.6 Å². The molecular weight excluding hydrogens is 451 g/mol. The number of aromatic nitrogens is 5. The molecule has 160 valence electrons. The van der Waals surface area contributed by atoms with E-state index in [2.05, 4.69) is 20.5 Å². The standard InChI is InChI=1S/C15H13ClF3N7O3S/c1-14(15(17,18)19)7-24(9-5-20-11-3-10(16)23-26(11)12(9)14)13(27)22-8-4-21-25(6-8)30(2,28)29/h3-6H,7H2,1-2H3,(H,22,27)/t14-/m1/s1. The Morgan fingerprint density at radius 2 is 2.03 bits per heavy atom. The van der Waals surface area contributed by atoms with Crippen molar-refractivity contribution in [1.82, 2.24) is 23.8 Å². The largest absolute Gasteiger partial charge is 0.401 e. The zero-order valence-corrected chi connectivity index (χ0v) is 16.9. The fraction of sp³-hybridized carbons (Fsp3) is 0.333. The van der Waals surface area contributed by atoms with Crippen LogP contribution in [0.15, 0.2) is 24.7 Å². The third-order valence-electron chi connectivity index (χ3n) is 4.74. The molecule has 15 heteroatoms. The van der Waals surface area contributed by atoms with Gasteiger partial charge in [-0.2, -0.15) is 27.5 Å². The van der Waals surface area contributed by atoms with E-state index in [1.54, 1.807) is 0 Å². The van der Waals surface area contributed by atoms with Crippen LogP contribution in [0.1, 0.15) is 12.6 Å². The Morgan fingerprint density at radius 1 is 1.33 bits per heavy atom. The van der Waals surface area contributed by atoms with E-state index in [9.17, 15) is 26.4 Å². The number of amides is 2. The smallest absolute Gasteiger partial charge is 0.305 e. The third-order valence-corrected chi connectivity index (χ3v) is 5.81. The van der Waals surface area contributed by atoms with Gasteiger partial charge in [0.05, 0.1) is 41.9 Å². The van der Waals surface area contributed by atoms with Gasteiger partial charge in [0.2, 0.25) is 0 Å². The molecule has 10 nitrogen and oxygen atoms in total. The highest BCUT2D eigenvalue weighted by molar-refractivity contribution is 7.89. The Labute approximate surface area is 172 Å². The summed E-state index contributed by atoms with van der Waals surface area (Å²) in [6, 6.07) is 0.387. The molecule has 4 heterocycles.